The van der Waals surface area contributed by atoms with E-state index in [0.717, 1.165) is 6.04 Å². The van der Waals surface area contributed by atoms with Gasteiger partial charge in [0.25, 0.3) is 0 Å². The summed E-state index contributed by atoms with van der Waals surface area (Å²) in [4.78, 5) is 2.54. The van der Waals surface area contributed by atoms with Gasteiger partial charge in [0.1, 0.15) is 5.82 Å². The predicted molar refractivity (Wildman–Crippen MR) is 44.8 cm³/mol. The Labute approximate surface area is 66.4 Å². The maximum absolute atomic E-state index is 2.54. The predicted octanol–water partition coefficient (Wildman–Crippen LogP) is 1.47. The van der Waals surface area contributed by atoms with Crippen LogP contribution < -0.4 is 4.90 Å². The molecule has 2 heteroatoms. The summed E-state index contributed by atoms with van der Waals surface area (Å²) in [6.07, 6.45) is 4.96. The fraction of sp³-hybridized carbons (Fsp3) is 0.556. The molecule has 1 atom stereocenters. The van der Waals surface area contributed by atoms with E-state index in [1.54, 1.807) is 0 Å². The van der Waals surface area contributed by atoms with Crippen molar-refractivity contribution in [2.75, 3.05) is 11.4 Å². The van der Waals surface area contributed by atoms with Gasteiger partial charge in [0, 0.05) is 25.3 Å². The molecule has 11 heavy (non-hydrogen) atoms. The molecule has 1 saturated heterocycles. The highest BCUT2D eigenvalue weighted by Crippen LogP contribution is 2.32. The van der Waals surface area contributed by atoms with Gasteiger partial charge in [-0.15, -0.1) is 0 Å². The fourth-order valence-corrected chi connectivity index (χ4v) is 2.37. The van der Waals surface area contributed by atoms with E-state index < -0.39 is 0 Å². The van der Waals surface area contributed by atoms with Crippen LogP contribution >= 0.6 is 0 Å². The van der Waals surface area contributed by atoms with Crippen LogP contribution in [0.2, 0.25) is 0 Å². The molecule has 0 spiro atoms. The first-order valence-corrected chi connectivity index (χ1v) is 4.37. The van der Waals surface area contributed by atoms with Crippen molar-refractivity contribution in [3.05, 3.63) is 18.3 Å². The lowest BCUT2D eigenvalue weighted by Gasteiger charge is -2.15. The molecule has 1 unspecified atom stereocenters. The zero-order chi connectivity index (χ0) is 7.26. The zero-order valence-electron chi connectivity index (χ0n) is 6.53. The van der Waals surface area contributed by atoms with Gasteiger partial charge in [-0.3, -0.25) is 0 Å². The van der Waals surface area contributed by atoms with Crippen molar-refractivity contribution >= 4 is 5.82 Å². The summed E-state index contributed by atoms with van der Waals surface area (Å²) in [5.74, 6) is 1.44. The second kappa shape index (κ2) is 1.81. The number of hydrogen-bond donors (Lipinski definition) is 0. The largest absolute Gasteiger partial charge is 0.353 e. The molecule has 58 valence electrons. The van der Waals surface area contributed by atoms with Crippen molar-refractivity contribution in [3.8, 4) is 0 Å². The number of aromatic nitrogens is 1. The highest BCUT2D eigenvalue weighted by Gasteiger charge is 2.31. The van der Waals surface area contributed by atoms with Gasteiger partial charge in [-0.25, -0.2) is 0 Å². The van der Waals surface area contributed by atoms with E-state index in [9.17, 15) is 0 Å². The molecule has 0 amide bonds. The lowest BCUT2D eigenvalue weighted by atomic mass is 10.2. The molecule has 1 aromatic heterocycles. The first kappa shape index (κ1) is 5.70. The highest BCUT2D eigenvalue weighted by atomic mass is 15.3. The molecule has 0 aliphatic carbocycles. The Morgan fingerprint density at radius 2 is 2.45 bits per heavy atom. The molecule has 1 fully saturated rings. The first-order valence-electron chi connectivity index (χ1n) is 4.37. The van der Waals surface area contributed by atoms with Crippen LogP contribution in [-0.4, -0.2) is 17.2 Å². The molecule has 0 saturated carbocycles. The van der Waals surface area contributed by atoms with Gasteiger partial charge >= 0.3 is 0 Å². The molecule has 2 aliphatic rings. The van der Waals surface area contributed by atoms with Crippen molar-refractivity contribution in [3.63, 3.8) is 0 Å². The van der Waals surface area contributed by atoms with Gasteiger partial charge in [0.15, 0.2) is 0 Å². The van der Waals surface area contributed by atoms with Gasteiger partial charge in [0.05, 0.1) is 0 Å². The minimum atomic E-state index is 0.825. The van der Waals surface area contributed by atoms with Gasteiger partial charge < -0.3 is 9.47 Å². The quantitative estimate of drug-likeness (QED) is 0.541. The number of nitrogens with zero attached hydrogens (tertiary/aromatic N) is 2. The van der Waals surface area contributed by atoms with Crippen molar-refractivity contribution in [1.82, 2.24) is 4.57 Å². The van der Waals surface area contributed by atoms with E-state index in [2.05, 4.69) is 27.8 Å². The number of hydrogen-bond acceptors (Lipinski definition) is 1. The van der Waals surface area contributed by atoms with Crippen LogP contribution in [0.5, 0.6) is 0 Å². The molecule has 0 aromatic carbocycles. The van der Waals surface area contributed by atoms with E-state index in [1.807, 2.05) is 0 Å². The summed E-state index contributed by atoms with van der Waals surface area (Å²) in [5.41, 5.74) is 0. The van der Waals surface area contributed by atoms with Gasteiger partial charge in [-0.2, -0.15) is 0 Å². The topological polar surface area (TPSA) is 8.17 Å². The molecule has 3 heterocycles. The molecule has 1 aromatic rings. The van der Waals surface area contributed by atoms with Gasteiger partial charge in [0.2, 0.25) is 0 Å². The van der Waals surface area contributed by atoms with E-state index in [0.29, 0.717) is 0 Å². The maximum Gasteiger partial charge on any atom is 0.108 e. The van der Waals surface area contributed by atoms with Crippen molar-refractivity contribution < 1.29 is 0 Å². The van der Waals surface area contributed by atoms with Crippen LogP contribution in [0, 0.1) is 0 Å². The monoisotopic (exact) mass is 148 g/mol. The summed E-state index contributed by atoms with van der Waals surface area (Å²) in [6.45, 7) is 2.50. The summed E-state index contributed by atoms with van der Waals surface area (Å²) >= 11 is 0. The third-order valence-electron chi connectivity index (χ3n) is 2.88. The summed E-state index contributed by atoms with van der Waals surface area (Å²) in [6, 6.07) is 5.20. The average molecular weight is 148 g/mol. The lowest BCUT2D eigenvalue weighted by Crippen LogP contribution is -2.24. The lowest BCUT2D eigenvalue weighted by molar-refractivity contribution is 0.623. The fourth-order valence-electron chi connectivity index (χ4n) is 2.37. The average Bonchev–Trinajstić information content (AvgIpc) is 2.52. The van der Waals surface area contributed by atoms with Crippen molar-refractivity contribution in [2.24, 2.45) is 0 Å². The van der Waals surface area contributed by atoms with Crippen molar-refractivity contribution in [2.45, 2.75) is 25.4 Å². The normalized spacial score (nSPS) is 27.3. The Balaban J connectivity index is 2.08. The molecule has 0 radical (unpaired) electrons. The Hall–Kier alpha value is -0.920. The molecule has 0 N–H and O–H groups in total. The smallest absolute Gasteiger partial charge is 0.108 e. The number of fused-ring (bicyclic) bond motifs is 3. The van der Waals surface area contributed by atoms with Crippen LogP contribution in [0.4, 0.5) is 5.82 Å². The summed E-state index contributed by atoms with van der Waals surface area (Å²) < 4.78 is 2.36. The van der Waals surface area contributed by atoms with E-state index in [-0.39, 0.29) is 0 Å². The first-order chi connectivity index (χ1) is 5.45. The van der Waals surface area contributed by atoms with Crippen LogP contribution in [0.15, 0.2) is 18.3 Å². The van der Waals surface area contributed by atoms with E-state index in [1.165, 1.54) is 31.7 Å². The third kappa shape index (κ3) is 0.621. The SMILES string of the molecule is c1cc2n(c1)CC1CCCN21. The highest BCUT2D eigenvalue weighted by molar-refractivity contribution is 5.46. The van der Waals surface area contributed by atoms with E-state index in [4.69, 9.17) is 0 Å². The molecule has 0 bridgehead atoms. The Bertz CT molecular complexity index is 277. The second-order valence-electron chi connectivity index (χ2n) is 3.51. The number of rotatable bonds is 0. The van der Waals surface area contributed by atoms with Crippen LogP contribution in [0.1, 0.15) is 12.8 Å². The second-order valence-corrected chi connectivity index (χ2v) is 3.51. The molecular weight excluding hydrogens is 136 g/mol. The Morgan fingerprint density at radius 3 is 3.45 bits per heavy atom. The molecule has 2 aliphatic heterocycles. The maximum atomic E-state index is 2.54. The summed E-state index contributed by atoms with van der Waals surface area (Å²) in [7, 11) is 0. The molecule has 2 nitrogen and oxygen atoms in total. The Kier molecular flexibility index (Phi) is 0.939. The molecular formula is C9H12N2. The minimum absolute atomic E-state index is 0.825. The van der Waals surface area contributed by atoms with Gasteiger partial charge in [-0.1, -0.05) is 0 Å². The summed E-state index contributed by atoms with van der Waals surface area (Å²) in [5, 5.41) is 0. The number of anilines is 1. The van der Waals surface area contributed by atoms with Crippen LogP contribution in [0.25, 0.3) is 0 Å². The Morgan fingerprint density at radius 1 is 1.45 bits per heavy atom. The third-order valence-corrected chi connectivity index (χ3v) is 2.88. The van der Waals surface area contributed by atoms with Crippen molar-refractivity contribution in [1.29, 1.82) is 0 Å². The van der Waals surface area contributed by atoms with Crippen LogP contribution in [-0.2, 0) is 6.54 Å². The molecule has 3 rings (SSSR count). The zero-order valence-corrected chi connectivity index (χ0v) is 6.53. The van der Waals surface area contributed by atoms with Gasteiger partial charge in [-0.05, 0) is 25.0 Å². The minimum Gasteiger partial charge on any atom is -0.353 e. The standard InChI is InChI=1S/C9H12N2/c1-3-8-7-10-5-2-4-9(10)11(8)6-1/h2,4-5,8H,1,3,6-7H2. The van der Waals surface area contributed by atoms with E-state index >= 15 is 0 Å². The van der Waals surface area contributed by atoms with Crippen LogP contribution in [0.3, 0.4) is 0 Å².